The molecule has 0 saturated heterocycles. The Morgan fingerprint density at radius 1 is 1.35 bits per heavy atom. The van der Waals surface area contributed by atoms with Gasteiger partial charge in [0.2, 0.25) is 5.88 Å². The SMILES string of the molecule is OCc1nc(OCCCC(F)(F)F)ccc1Cl. The molecule has 96 valence electrons. The van der Waals surface area contributed by atoms with Crippen LogP contribution in [0, 0.1) is 0 Å². The summed E-state index contributed by atoms with van der Waals surface area (Å²) in [6, 6.07) is 2.91. The molecule has 7 heteroatoms. The van der Waals surface area contributed by atoms with Crippen molar-refractivity contribution in [3.63, 3.8) is 0 Å². The lowest BCUT2D eigenvalue weighted by Crippen LogP contribution is -2.10. The Morgan fingerprint density at radius 3 is 2.65 bits per heavy atom. The number of hydrogen-bond donors (Lipinski definition) is 1. The number of ether oxygens (including phenoxy) is 1. The van der Waals surface area contributed by atoms with Crippen LogP contribution >= 0.6 is 11.6 Å². The van der Waals surface area contributed by atoms with Gasteiger partial charge in [-0.15, -0.1) is 0 Å². The van der Waals surface area contributed by atoms with Gasteiger partial charge in [0, 0.05) is 12.5 Å². The summed E-state index contributed by atoms with van der Waals surface area (Å²) in [5.41, 5.74) is 0.236. The molecule has 0 unspecified atom stereocenters. The molecule has 3 nitrogen and oxygen atoms in total. The van der Waals surface area contributed by atoms with Crippen LogP contribution in [0.2, 0.25) is 5.02 Å². The van der Waals surface area contributed by atoms with E-state index >= 15 is 0 Å². The van der Waals surface area contributed by atoms with E-state index < -0.39 is 12.6 Å². The highest BCUT2D eigenvalue weighted by molar-refractivity contribution is 6.31. The number of hydrogen-bond acceptors (Lipinski definition) is 3. The van der Waals surface area contributed by atoms with Crippen LogP contribution in [0.1, 0.15) is 18.5 Å². The van der Waals surface area contributed by atoms with Crippen LogP contribution in [-0.4, -0.2) is 22.9 Å². The summed E-state index contributed by atoms with van der Waals surface area (Å²) in [4.78, 5) is 3.84. The van der Waals surface area contributed by atoms with Gasteiger partial charge in [0.25, 0.3) is 0 Å². The zero-order valence-electron chi connectivity index (χ0n) is 8.80. The summed E-state index contributed by atoms with van der Waals surface area (Å²) < 4.78 is 40.5. The largest absolute Gasteiger partial charge is 0.478 e. The molecule has 0 atom stereocenters. The van der Waals surface area contributed by atoms with E-state index in [-0.39, 0.29) is 36.2 Å². The van der Waals surface area contributed by atoms with Gasteiger partial charge in [0.05, 0.1) is 23.9 Å². The predicted molar refractivity (Wildman–Crippen MR) is 56.0 cm³/mol. The zero-order valence-corrected chi connectivity index (χ0v) is 9.55. The fraction of sp³-hybridized carbons (Fsp3) is 0.500. The first kappa shape index (κ1) is 14.1. The average Bonchev–Trinajstić information content (AvgIpc) is 2.25. The summed E-state index contributed by atoms with van der Waals surface area (Å²) in [6.07, 6.45) is -5.21. The minimum Gasteiger partial charge on any atom is -0.478 e. The molecule has 0 fully saturated rings. The third-order valence-electron chi connectivity index (χ3n) is 1.90. The van der Waals surface area contributed by atoms with E-state index in [0.717, 1.165) is 0 Å². The topological polar surface area (TPSA) is 42.4 Å². The van der Waals surface area contributed by atoms with E-state index in [1.165, 1.54) is 12.1 Å². The van der Waals surface area contributed by atoms with Gasteiger partial charge in [-0.3, -0.25) is 0 Å². The Morgan fingerprint density at radius 2 is 2.06 bits per heavy atom. The summed E-state index contributed by atoms with van der Waals surface area (Å²) in [6.45, 7) is -0.433. The van der Waals surface area contributed by atoms with Crippen LogP contribution in [0.5, 0.6) is 5.88 Å². The maximum absolute atomic E-state index is 11.8. The molecular formula is C10H11ClF3NO2. The molecule has 1 N–H and O–H groups in total. The first-order valence-corrected chi connectivity index (χ1v) is 5.26. The van der Waals surface area contributed by atoms with Crippen molar-refractivity contribution in [1.82, 2.24) is 4.98 Å². The molecule has 0 aliphatic carbocycles. The van der Waals surface area contributed by atoms with Crippen LogP contribution in [-0.2, 0) is 6.61 Å². The second kappa shape index (κ2) is 6.07. The number of pyridine rings is 1. The van der Waals surface area contributed by atoms with Gasteiger partial charge in [0.1, 0.15) is 0 Å². The molecule has 0 amide bonds. The van der Waals surface area contributed by atoms with E-state index in [9.17, 15) is 13.2 Å². The minimum atomic E-state index is -4.17. The van der Waals surface area contributed by atoms with Crippen molar-refractivity contribution in [3.8, 4) is 5.88 Å². The second-order valence-corrected chi connectivity index (χ2v) is 3.71. The van der Waals surface area contributed by atoms with E-state index in [2.05, 4.69) is 4.98 Å². The Kier molecular flexibility index (Phi) is 5.02. The fourth-order valence-corrected chi connectivity index (χ4v) is 1.27. The Hall–Kier alpha value is -1.01. The monoisotopic (exact) mass is 269 g/mol. The highest BCUT2D eigenvalue weighted by Gasteiger charge is 2.26. The van der Waals surface area contributed by atoms with Crippen LogP contribution < -0.4 is 4.74 Å². The van der Waals surface area contributed by atoms with E-state index in [0.29, 0.717) is 0 Å². The van der Waals surface area contributed by atoms with Crippen molar-refractivity contribution in [1.29, 1.82) is 0 Å². The number of rotatable bonds is 5. The number of aromatic nitrogens is 1. The highest BCUT2D eigenvalue weighted by Crippen LogP contribution is 2.22. The maximum Gasteiger partial charge on any atom is 0.389 e. The molecular weight excluding hydrogens is 259 g/mol. The maximum atomic E-state index is 11.8. The lowest BCUT2D eigenvalue weighted by molar-refractivity contribution is -0.136. The molecule has 0 bridgehead atoms. The summed E-state index contributed by atoms with van der Waals surface area (Å²) >= 11 is 5.69. The minimum absolute atomic E-state index is 0.0843. The number of aliphatic hydroxyl groups is 1. The van der Waals surface area contributed by atoms with Gasteiger partial charge in [-0.1, -0.05) is 11.6 Å². The fourth-order valence-electron chi connectivity index (χ4n) is 1.10. The summed E-state index contributed by atoms with van der Waals surface area (Å²) in [5, 5.41) is 9.16. The molecule has 1 aromatic rings. The summed E-state index contributed by atoms with van der Waals surface area (Å²) in [7, 11) is 0. The molecule has 1 rings (SSSR count). The second-order valence-electron chi connectivity index (χ2n) is 3.30. The molecule has 0 aliphatic heterocycles. The van der Waals surface area contributed by atoms with Gasteiger partial charge in [-0.25, -0.2) is 4.98 Å². The Bertz CT molecular complexity index is 371. The van der Waals surface area contributed by atoms with Gasteiger partial charge in [0.15, 0.2) is 0 Å². The van der Waals surface area contributed by atoms with Gasteiger partial charge < -0.3 is 9.84 Å². The Balaban J connectivity index is 2.42. The van der Waals surface area contributed by atoms with Crippen molar-refractivity contribution in [2.24, 2.45) is 0 Å². The van der Waals surface area contributed by atoms with E-state index in [4.69, 9.17) is 21.4 Å². The van der Waals surface area contributed by atoms with Crippen LogP contribution in [0.25, 0.3) is 0 Å². The smallest absolute Gasteiger partial charge is 0.389 e. The average molecular weight is 270 g/mol. The lowest BCUT2D eigenvalue weighted by atomic mass is 10.3. The molecule has 0 aromatic carbocycles. The molecule has 0 saturated carbocycles. The zero-order chi connectivity index (χ0) is 12.9. The molecule has 17 heavy (non-hydrogen) atoms. The Labute approximate surface area is 101 Å². The van der Waals surface area contributed by atoms with E-state index in [1.54, 1.807) is 0 Å². The third-order valence-corrected chi connectivity index (χ3v) is 2.24. The normalized spacial score (nSPS) is 11.6. The number of nitrogens with zero attached hydrogens (tertiary/aromatic N) is 1. The van der Waals surface area contributed by atoms with Gasteiger partial charge in [-0.05, 0) is 12.5 Å². The van der Waals surface area contributed by atoms with Crippen LogP contribution in [0.4, 0.5) is 13.2 Å². The van der Waals surface area contributed by atoms with E-state index in [1.807, 2.05) is 0 Å². The standard InChI is InChI=1S/C10H11ClF3NO2/c11-7-2-3-9(15-8(7)6-16)17-5-1-4-10(12,13)14/h2-3,16H,1,4-6H2. The number of aliphatic hydroxyl groups excluding tert-OH is 1. The first-order valence-electron chi connectivity index (χ1n) is 4.88. The van der Waals surface area contributed by atoms with Crippen molar-refractivity contribution < 1.29 is 23.0 Å². The van der Waals surface area contributed by atoms with Gasteiger partial charge >= 0.3 is 6.18 Å². The number of alkyl halides is 3. The van der Waals surface area contributed by atoms with Crippen molar-refractivity contribution >= 4 is 11.6 Å². The summed E-state index contributed by atoms with van der Waals surface area (Å²) in [5.74, 6) is 0.153. The lowest BCUT2D eigenvalue weighted by Gasteiger charge is -2.08. The van der Waals surface area contributed by atoms with Crippen LogP contribution in [0.15, 0.2) is 12.1 Å². The molecule has 1 heterocycles. The quantitative estimate of drug-likeness (QED) is 0.836. The van der Waals surface area contributed by atoms with Crippen molar-refractivity contribution in [2.75, 3.05) is 6.61 Å². The molecule has 0 spiro atoms. The molecule has 1 aromatic heterocycles. The van der Waals surface area contributed by atoms with Crippen LogP contribution in [0.3, 0.4) is 0 Å². The van der Waals surface area contributed by atoms with Crippen molar-refractivity contribution in [3.05, 3.63) is 22.8 Å². The first-order chi connectivity index (χ1) is 7.92. The molecule has 0 radical (unpaired) electrons. The highest BCUT2D eigenvalue weighted by atomic mass is 35.5. The van der Waals surface area contributed by atoms with Gasteiger partial charge in [-0.2, -0.15) is 13.2 Å². The molecule has 0 aliphatic rings. The third kappa shape index (κ3) is 5.23. The number of halogens is 4. The predicted octanol–water partition coefficient (Wildman–Crippen LogP) is 2.95. The van der Waals surface area contributed by atoms with Crippen molar-refractivity contribution in [2.45, 2.75) is 25.6 Å².